The Morgan fingerprint density at radius 1 is 0.939 bits per heavy atom. The minimum Gasteiger partial charge on any atom is -0.338 e. The van der Waals surface area contributed by atoms with Crippen molar-refractivity contribution < 1.29 is 26.4 Å². The molecular weight excluding hydrogens is 453 g/mol. The fraction of sp³-hybridized carbons (Fsp3) is 0.375. The van der Waals surface area contributed by atoms with Crippen molar-refractivity contribution in [2.75, 3.05) is 26.2 Å². The Morgan fingerprint density at radius 3 is 2.24 bits per heavy atom. The first-order valence-corrected chi connectivity index (χ1v) is 12.3. The van der Waals surface area contributed by atoms with Crippen LogP contribution in [-0.4, -0.2) is 49.7 Å². The average molecular weight is 479 g/mol. The lowest BCUT2D eigenvalue weighted by Gasteiger charge is -2.35. The number of nitrogens with zero attached hydrogens (tertiary/aromatic N) is 2. The maximum atomic E-state index is 13.0. The second-order valence-electron chi connectivity index (χ2n) is 8.33. The second-order valence-corrected chi connectivity index (χ2v) is 10.3. The van der Waals surface area contributed by atoms with Gasteiger partial charge in [0.05, 0.1) is 10.5 Å². The summed E-state index contributed by atoms with van der Waals surface area (Å²) in [7, 11) is -4.06. The summed E-state index contributed by atoms with van der Waals surface area (Å²) in [5, 5.41) is 0. The van der Waals surface area contributed by atoms with E-state index in [1.54, 1.807) is 4.90 Å². The molecule has 0 atom stereocenters. The molecule has 2 aromatic rings. The molecule has 0 unspecified atom stereocenters. The summed E-state index contributed by atoms with van der Waals surface area (Å²) in [5.41, 5.74) is 1.36. The first-order valence-electron chi connectivity index (χ1n) is 10.9. The van der Waals surface area contributed by atoms with Crippen LogP contribution < -0.4 is 0 Å². The van der Waals surface area contributed by atoms with Crippen molar-refractivity contribution in [2.24, 2.45) is 5.92 Å². The Morgan fingerprint density at radius 2 is 1.64 bits per heavy atom. The van der Waals surface area contributed by atoms with Crippen LogP contribution in [0.4, 0.5) is 13.2 Å². The fourth-order valence-electron chi connectivity index (χ4n) is 4.37. The molecule has 33 heavy (non-hydrogen) atoms. The van der Waals surface area contributed by atoms with Crippen molar-refractivity contribution in [1.82, 2.24) is 9.21 Å². The van der Waals surface area contributed by atoms with Crippen LogP contribution in [0.2, 0.25) is 0 Å². The highest BCUT2D eigenvalue weighted by Gasteiger charge is 2.36. The minimum atomic E-state index is -4.62. The molecule has 2 aliphatic heterocycles. The standard InChI is InChI=1S/C24H25F3N2O3S/c25-24(26,27)21-7-4-8-22(17-21)33(31,32)29-15-11-20(12-16-29)23(30)28-13-9-19(10-14-28)18-5-2-1-3-6-18/h1-9,17,20H,10-16H2. The number of benzene rings is 2. The molecule has 1 amide bonds. The van der Waals surface area contributed by atoms with E-state index in [4.69, 9.17) is 0 Å². The summed E-state index contributed by atoms with van der Waals surface area (Å²) in [4.78, 5) is 14.4. The van der Waals surface area contributed by atoms with E-state index in [2.05, 4.69) is 6.08 Å². The number of alkyl halides is 3. The number of sulfonamides is 1. The summed E-state index contributed by atoms with van der Waals surface area (Å²) in [6, 6.07) is 13.8. The minimum absolute atomic E-state index is 0.00878. The molecule has 1 fully saturated rings. The molecule has 2 aromatic carbocycles. The van der Waals surface area contributed by atoms with Gasteiger partial charge in [-0.15, -0.1) is 0 Å². The maximum absolute atomic E-state index is 13.0. The molecule has 2 heterocycles. The van der Waals surface area contributed by atoms with E-state index in [9.17, 15) is 26.4 Å². The van der Waals surface area contributed by atoms with Crippen LogP contribution in [0.5, 0.6) is 0 Å². The topological polar surface area (TPSA) is 57.7 Å². The van der Waals surface area contributed by atoms with Gasteiger partial charge in [0, 0.05) is 32.1 Å². The zero-order valence-electron chi connectivity index (χ0n) is 18.0. The van der Waals surface area contributed by atoms with E-state index in [0.717, 1.165) is 24.1 Å². The number of carbonyl (C=O) groups excluding carboxylic acids is 1. The highest BCUT2D eigenvalue weighted by molar-refractivity contribution is 7.89. The van der Waals surface area contributed by atoms with E-state index in [1.165, 1.54) is 15.9 Å². The summed E-state index contributed by atoms with van der Waals surface area (Å²) in [6.45, 7) is 1.34. The molecule has 1 saturated heterocycles. The van der Waals surface area contributed by atoms with Crippen LogP contribution in [0.3, 0.4) is 0 Å². The first-order chi connectivity index (χ1) is 15.7. The summed E-state index contributed by atoms with van der Waals surface area (Å²) >= 11 is 0. The van der Waals surface area contributed by atoms with Gasteiger partial charge in [-0.25, -0.2) is 8.42 Å². The van der Waals surface area contributed by atoms with E-state index in [0.29, 0.717) is 32.0 Å². The lowest BCUT2D eigenvalue weighted by molar-refractivity contribution is -0.138. The number of carbonyl (C=O) groups is 1. The third-order valence-corrected chi connectivity index (χ3v) is 8.16. The Kier molecular flexibility index (Phi) is 6.63. The van der Waals surface area contributed by atoms with Crippen molar-refractivity contribution >= 4 is 21.5 Å². The summed E-state index contributed by atoms with van der Waals surface area (Å²) < 4.78 is 65.9. The van der Waals surface area contributed by atoms with Crippen LogP contribution >= 0.6 is 0 Å². The Bertz CT molecular complexity index is 1140. The molecule has 9 heteroatoms. The quantitative estimate of drug-likeness (QED) is 0.654. The van der Waals surface area contributed by atoms with Crippen LogP contribution in [-0.2, 0) is 21.0 Å². The second kappa shape index (κ2) is 9.30. The molecule has 2 aliphatic rings. The Labute approximate surface area is 191 Å². The maximum Gasteiger partial charge on any atom is 0.416 e. The molecule has 4 rings (SSSR count). The molecule has 0 spiro atoms. The fourth-order valence-corrected chi connectivity index (χ4v) is 5.88. The molecule has 5 nitrogen and oxygen atoms in total. The predicted octanol–water partition coefficient (Wildman–Crippen LogP) is 4.42. The van der Waals surface area contributed by atoms with Gasteiger partial charge in [0.2, 0.25) is 15.9 Å². The average Bonchev–Trinajstić information content (AvgIpc) is 2.84. The van der Waals surface area contributed by atoms with Gasteiger partial charge in [-0.05, 0) is 48.6 Å². The van der Waals surface area contributed by atoms with Crippen LogP contribution in [0.25, 0.3) is 5.57 Å². The van der Waals surface area contributed by atoms with Crippen LogP contribution in [0, 0.1) is 5.92 Å². The molecule has 0 aliphatic carbocycles. The molecule has 0 saturated carbocycles. The molecule has 0 bridgehead atoms. The smallest absolute Gasteiger partial charge is 0.338 e. The van der Waals surface area contributed by atoms with E-state index in [-0.39, 0.29) is 29.8 Å². The third kappa shape index (κ3) is 5.14. The highest BCUT2D eigenvalue weighted by atomic mass is 32.2. The lowest BCUT2D eigenvalue weighted by atomic mass is 9.94. The van der Waals surface area contributed by atoms with Gasteiger partial charge in [0.15, 0.2) is 0 Å². The van der Waals surface area contributed by atoms with Gasteiger partial charge in [-0.2, -0.15) is 17.5 Å². The van der Waals surface area contributed by atoms with Crippen LogP contribution in [0.1, 0.15) is 30.4 Å². The number of hydrogen-bond acceptors (Lipinski definition) is 3. The largest absolute Gasteiger partial charge is 0.416 e. The zero-order valence-corrected chi connectivity index (χ0v) is 18.8. The van der Waals surface area contributed by atoms with Crippen molar-refractivity contribution in [1.29, 1.82) is 0 Å². The molecular formula is C24H25F3N2O3S. The lowest BCUT2D eigenvalue weighted by Crippen LogP contribution is -2.45. The number of halogens is 3. The van der Waals surface area contributed by atoms with Crippen molar-refractivity contribution in [3.63, 3.8) is 0 Å². The number of rotatable bonds is 4. The van der Waals surface area contributed by atoms with Gasteiger partial charge in [0.25, 0.3) is 0 Å². The highest BCUT2D eigenvalue weighted by Crippen LogP contribution is 2.32. The van der Waals surface area contributed by atoms with Gasteiger partial charge in [0.1, 0.15) is 0 Å². The normalized spacial score (nSPS) is 18.8. The van der Waals surface area contributed by atoms with Crippen molar-refractivity contribution in [3.8, 4) is 0 Å². The van der Waals surface area contributed by atoms with Crippen LogP contribution in [0.15, 0.2) is 65.6 Å². The van der Waals surface area contributed by atoms with Crippen molar-refractivity contribution in [3.05, 3.63) is 71.8 Å². The Hall–Kier alpha value is -2.65. The van der Waals surface area contributed by atoms with Gasteiger partial charge < -0.3 is 4.90 Å². The third-order valence-electron chi connectivity index (χ3n) is 6.27. The summed E-state index contributed by atoms with van der Waals surface area (Å²) in [6.07, 6.45) is -1.09. The van der Waals surface area contributed by atoms with Gasteiger partial charge >= 0.3 is 6.18 Å². The zero-order chi connectivity index (χ0) is 23.6. The molecule has 0 N–H and O–H groups in total. The Balaban J connectivity index is 1.37. The van der Waals surface area contributed by atoms with E-state index >= 15 is 0 Å². The van der Waals surface area contributed by atoms with E-state index in [1.807, 2.05) is 30.3 Å². The number of hydrogen-bond donors (Lipinski definition) is 0. The monoisotopic (exact) mass is 478 g/mol. The van der Waals surface area contributed by atoms with Crippen molar-refractivity contribution in [2.45, 2.75) is 30.3 Å². The molecule has 176 valence electrons. The molecule has 0 radical (unpaired) electrons. The molecule has 0 aromatic heterocycles. The summed E-state index contributed by atoms with van der Waals surface area (Å²) in [5.74, 6) is -0.279. The van der Waals surface area contributed by atoms with Gasteiger partial charge in [-0.3, -0.25) is 4.79 Å². The SMILES string of the molecule is O=C(C1CCN(S(=O)(=O)c2cccc(C(F)(F)F)c2)CC1)N1CC=C(c2ccccc2)CC1. The first kappa shape index (κ1) is 23.5. The van der Waals surface area contributed by atoms with E-state index < -0.39 is 21.8 Å². The number of piperidine rings is 1. The number of amides is 1. The predicted molar refractivity (Wildman–Crippen MR) is 119 cm³/mol. The van der Waals surface area contributed by atoms with Gasteiger partial charge in [-0.1, -0.05) is 42.5 Å².